The number of carbonyl (C=O) groups is 1. The van der Waals surface area contributed by atoms with Crippen molar-refractivity contribution in [2.45, 2.75) is 16.5 Å². The van der Waals surface area contributed by atoms with Gasteiger partial charge in [-0.05, 0) is 25.1 Å². The van der Waals surface area contributed by atoms with Gasteiger partial charge in [0, 0.05) is 12.1 Å². The summed E-state index contributed by atoms with van der Waals surface area (Å²) in [6.07, 6.45) is 0. The summed E-state index contributed by atoms with van der Waals surface area (Å²) in [5.41, 5.74) is 0.980. The number of thiazole rings is 1. The maximum Gasteiger partial charge on any atom is 0.271 e. The second-order valence-corrected chi connectivity index (χ2v) is 8.14. The van der Waals surface area contributed by atoms with E-state index in [1.165, 1.54) is 41.3 Å². The zero-order valence-electron chi connectivity index (χ0n) is 12.9. The quantitative estimate of drug-likeness (QED) is 0.375. The molecule has 3 rings (SSSR count). The molecule has 6 nitrogen and oxygen atoms in total. The third-order valence-electron chi connectivity index (χ3n) is 3.34. The van der Waals surface area contributed by atoms with Crippen LogP contribution in [-0.4, -0.2) is 21.1 Å². The summed E-state index contributed by atoms with van der Waals surface area (Å²) in [4.78, 5) is 27.2. The molecule has 0 aliphatic carbocycles. The Bertz CT molecular complexity index is 928. The standard InChI is InChI=1S/C16H12ClN3O3S2/c1-9(24-16-19-12-4-2-3-5-14(12)25-16)15(21)18-13-8-10(20(22)23)6-7-11(13)17/h2-9H,1H3,(H,18,21)/t9-/m1/s1. The van der Waals surface area contributed by atoms with E-state index in [1.807, 2.05) is 24.3 Å². The van der Waals surface area contributed by atoms with E-state index in [0.29, 0.717) is 0 Å². The molecule has 0 aliphatic rings. The molecule has 3 aromatic rings. The van der Waals surface area contributed by atoms with Crippen LogP contribution in [0.5, 0.6) is 0 Å². The van der Waals surface area contributed by atoms with E-state index in [2.05, 4.69) is 10.3 Å². The molecular weight excluding hydrogens is 382 g/mol. The summed E-state index contributed by atoms with van der Waals surface area (Å²) in [6, 6.07) is 11.7. The summed E-state index contributed by atoms with van der Waals surface area (Å²) >= 11 is 8.86. The minimum atomic E-state index is -0.536. The summed E-state index contributed by atoms with van der Waals surface area (Å²) < 4.78 is 1.84. The van der Waals surface area contributed by atoms with E-state index in [1.54, 1.807) is 6.92 Å². The van der Waals surface area contributed by atoms with E-state index in [0.717, 1.165) is 14.6 Å². The second-order valence-electron chi connectivity index (χ2n) is 5.12. The van der Waals surface area contributed by atoms with Crippen LogP contribution in [0.1, 0.15) is 6.92 Å². The molecule has 0 spiro atoms. The van der Waals surface area contributed by atoms with Gasteiger partial charge in [0.2, 0.25) is 5.91 Å². The van der Waals surface area contributed by atoms with Crippen molar-refractivity contribution in [3.63, 3.8) is 0 Å². The lowest BCUT2D eigenvalue weighted by Crippen LogP contribution is -2.22. The maximum absolute atomic E-state index is 12.4. The van der Waals surface area contributed by atoms with Gasteiger partial charge < -0.3 is 5.32 Å². The molecule has 1 N–H and O–H groups in total. The van der Waals surface area contributed by atoms with Gasteiger partial charge in [-0.2, -0.15) is 0 Å². The zero-order chi connectivity index (χ0) is 18.0. The molecule has 0 saturated carbocycles. The highest BCUT2D eigenvalue weighted by Gasteiger charge is 2.19. The third-order valence-corrected chi connectivity index (χ3v) is 5.90. The number of aromatic nitrogens is 1. The molecule has 1 atom stereocenters. The molecule has 0 fully saturated rings. The molecule has 9 heteroatoms. The molecule has 1 heterocycles. The molecule has 0 aliphatic heterocycles. The number of para-hydroxylation sites is 1. The fraction of sp³-hybridized carbons (Fsp3) is 0.125. The van der Waals surface area contributed by atoms with Crippen LogP contribution in [-0.2, 0) is 4.79 Å². The predicted molar refractivity (Wildman–Crippen MR) is 102 cm³/mol. The summed E-state index contributed by atoms with van der Waals surface area (Å²) in [5, 5.41) is 13.3. The smallest absolute Gasteiger partial charge is 0.271 e. The van der Waals surface area contributed by atoms with Gasteiger partial charge in [0.25, 0.3) is 5.69 Å². The van der Waals surface area contributed by atoms with Gasteiger partial charge in [-0.3, -0.25) is 14.9 Å². The lowest BCUT2D eigenvalue weighted by Gasteiger charge is -2.11. The SMILES string of the molecule is C[C@@H](Sc1nc2ccccc2s1)C(=O)Nc1cc([N+](=O)[O-])ccc1Cl. The van der Waals surface area contributed by atoms with Crippen LogP contribution in [0.4, 0.5) is 11.4 Å². The highest BCUT2D eigenvalue weighted by atomic mass is 35.5. The number of anilines is 1. The highest BCUT2D eigenvalue weighted by molar-refractivity contribution is 8.02. The Morgan fingerprint density at radius 3 is 2.84 bits per heavy atom. The van der Waals surface area contributed by atoms with Crippen molar-refractivity contribution in [2.24, 2.45) is 0 Å². The minimum Gasteiger partial charge on any atom is -0.324 e. The number of hydrogen-bond acceptors (Lipinski definition) is 6. The molecule has 2 aromatic carbocycles. The van der Waals surface area contributed by atoms with Crippen LogP contribution in [0.2, 0.25) is 5.02 Å². The number of nitro groups is 1. The Kier molecular flexibility index (Phi) is 5.22. The van der Waals surface area contributed by atoms with E-state index in [4.69, 9.17) is 11.6 Å². The lowest BCUT2D eigenvalue weighted by atomic mass is 10.2. The van der Waals surface area contributed by atoms with Gasteiger partial charge in [-0.15, -0.1) is 11.3 Å². The van der Waals surface area contributed by atoms with Crippen molar-refractivity contribution < 1.29 is 9.72 Å². The van der Waals surface area contributed by atoms with Crippen molar-refractivity contribution in [3.8, 4) is 0 Å². The van der Waals surface area contributed by atoms with Crippen LogP contribution in [0.15, 0.2) is 46.8 Å². The van der Waals surface area contributed by atoms with Crippen molar-refractivity contribution in [1.82, 2.24) is 4.98 Å². The topological polar surface area (TPSA) is 85.1 Å². The predicted octanol–water partition coefficient (Wildman–Crippen LogP) is 4.98. The van der Waals surface area contributed by atoms with Gasteiger partial charge in [-0.1, -0.05) is 35.5 Å². The largest absolute Gasteiger partial charge is 0.324 e. The molecule has 128 valence electrons. The van der Waals surface area contributed by atoms with E-state index in [-0.39, 0.29) is 22.3 Å². The first kappa shape index (κ1) is 17.7. The first-order valence-electron chi connectivity index (χ1n) is 7.21. The van der Waals surface area contributed by atoms with Gasteiger partial charge in [0.05, 0.1) is 31.1 Å². The molecule has 1 aromatic heterocycles. The number of benzene rings is 2. The average molecular weight is 394 g/mol. The van der Waals surface area contributed by atoms with Crippen LogP contribution >= 0.6 is 34.7 Å². The molecule has 0 unspecified atom stereocenters. The average Bonchev–Trinajstić information content (AvgIpc) is 2.98. The Balaban J connectivity index is 1.72. The van der Waals surface area contributed by atoms with Crippen molar-refractivity contribution in [3.05, 3.63) is 57.6 Å². The molecule has 0 bridgehead atoms. The fourth-order valence-electron chi connectivity index (χ4n) is 2.06. The van der Waals surface area contributed by atoms with E-state index < -0.39 is 10.2 Å². The summed E-state index contributed by atoms with van der Waals surface area (Å²) in [6.45, 7) is 1.75. The van der Waals surface area contributed by atoms with E-state index >= 15 is 0 Å². The van der Waals surface area contributed by atoms with Crippen LogP contribution in [0.25, 0.3) is 10.2 Å². The Hall–Kier alpha value is -2.16. The zero-order valence-corrected chi connectivity index (χ0v) is 15.3. The summed E-state index contributed by atoms with van der Waals surface area (Å²) in [7, 11) is 0. The number of nitrogens with one attached hydrogen (secondary N) is 1. The number of rotatable bonds is 5. The van der Waals surface area contributed by atoms with E-state index in [9.17, 15) is 14.9 Å². The first-order valence-corrected chi connectivity index (χ1v) is 9.28. The lowest BCUT2D eigenvalue weighted by molar-refractivity contribution is -0.384. The number of amides is 1. The summed E-state index contributed by atoms with van der Waals surface area (Å²) in [5.74, 6) is -0.299. The number of nitrogens with zero attached hydrogens (tertiary/aromatic N) is 2. The number of non-ortho nitro benzene ring substituents is 1. The number of fused-ring (bicyclic) bond motifs is 1. The van der Waals surface area contributed by atoms with Gasteiger partial charge in [0.1, 0.15) is 0 Å². The van der Waals surface area contributed by atoms with Crippen LogP contribution in [0, 0.1) is 10.1 Å². The van der Waals surface area contributed by atoms with Crippen molar-refractivity contribution in [1.29, 1.82) is 0 Å². The number of carbonyl (C=O) groups excluding carboxylic acids is 1. The molecular formula is C16H12ClN3O3S2. The number of hydrogen-bond donors (Lipinski definition) is 1. The van der Waals surface area contributed by atoms with Gasteiger partial charge in [0.15, 0.2) is 4.34 Å². The molecule has 1 amide bonds. The number of halogens is 1. The Morgan fingerprint density at radius 1 is 1.36 bits per heavy atom. The fourth-order valence-corrected chi connectivity index (χ4v) is 4.44. The third kappa shape index (κ3) is 4.09. The van der Waals surface area contributed by atoms with Crippen LogP contribution < -0.4 is 5.32 Å². The Labute approximate surface area is 156 Å². The Morgan fingerprint density at radius 2 is 2.12 bits per heavy atom. The normalized spacial score (nSPS) is 12.1. The minimum absolute atomic E-state index is 0.133. The first-order chi connectivity index (χ1) is 11.9. The number of thioether (sulfide) groups is 1. The number of nitro benzene ring substituents is 1. The monoisotopic (exact) mass is 393 g/mol. The van der Waals surface area contributed by atoms with Gasteiger partial charge in [-0.25, -0.2) is 4.98 Å². The van der Waals surface area contributed by atoms with Crippen molar-refractivity contribution in [2.75, 3.05) is 5.32 Å². The van der Waals surface area contributed by atoms with Crippen LogP contribution in [0.3, 0.4) is 0 Å². The van der Waals surface area contributed by atoms with Crippen molar-refractivity contribution >= 4 is 62.2 Å². The molecule has 25 heavy (non-hydrogen) atoms. The second kappa shape index (κ2) is 7.38. The highest BCUT2D eigenvalue weighted by Crippen LogP contribution is 2.33. The molecule has 0 saturated heterocycles. The molecule has 0 radical (unpaired) electrons. The maximum atomic E-state index is 12.4. The van der Waals surface area contributed by atoms with Gasteiger partial charge >= 0.3 is 0 Å².